The number of nitrogens with one attached hydrogen (secondary N) is 1. The van der Waals surface area contributed by atoms with Gasteiger partial charge in [0, 0.05) is 19.1 Å². The van der Waals surface area contributed by atoms with E-state index in [9.17, 15) is 13.5 Å². The van der Waals surface area contributed by atoms with Gasteiger partial charge in [-0.1, -0.05) is 13.8 Å². The van der Waals surface area contributed by atoms with E-state index in [4.69, 9.17) is 0 Å². The largest absolute Gasteiger partial charge is 0.392 e. The normalized spacial score (nSPS) is 23.2. The second-order valence-electron chi connectivity index (χ2n) is 4.93. The Morgan fingerprint density at radius 1 is 1.47 bits per heavy atom. The van der Waals surface area contributed by atoms with Crippen molar-refractivity contribution < 1.29 is 13.5 Å². The van der Waals surface area contributed by atoms with E-state index in [0.717, 1.165) is 6.42 Å². The standard InChI is InChI=1S/C11H24N2O3S/c1-10(2)12-6-4-8-17(15,16)13-7-3-5-11(14)9-13/h10-12,14H,3-9H2,1-2H3. The van der Waals surface area contributed by atoms with Crippen LogP contribution in [0, 0.1) is 0 Å². The number of β-amino-alcohol motifs (C(OH)–C–C–N with tert-alkyl or cyclic N) is 1. The Hall–Kier alpha value is -0.170. The first-order valence-corrected chi connectivity index (χ1v) is 7.92. The number of aliphatic hydroxyl groups is 1. The van der Waals surface area contributed by atoms with Crippen LogP contribution in [-0.2, 0) is 10.0 Å². The van der Waals surface area contributed by atoms with E-state index in [2.05, 4.69) is 5.32 Å². The molecular weight excluding hydrogens is 240 g/mol. The number of rotatable bonds is 6. The summed E-state index contributed by atoms with van der Waals surface area (Å²) in [6.45, 7) is 5.61. The van der Waals surface area contributed by atoms with Gasteiger partial charge < -0.3 is 10.4 Å². The molecule has 0 aromatic carbocycles. The SMILES string of the molecule is CC(C)NCCCS(=O)(=O)N1CCCC(O)C1. The molecule has 0 bridgehead atoms. The molecular formula is C11H24N2O3S. The van der Waals surface area contributed by atoms with Gasteiger partial charge in [0.25, 0.3) is 0 Å². The van der Waals surface area contributed by atoms with E-state index in [0.29, 0.717) is 32.0 Å². The zero-order valence-electron chi connectivity index (χ0n) is 10.7. The number of piperidine rings is 1. The van der Waals surface area contributed by atoms with E-state index < -0.39 is 16.1 Å². The monoisotopic (exact) mass is 264 g/mol. The van der Waals surface area contributed by atoms with Crippen LogP contribution in [0.15, 0.2) is 0 Å². The summed E-state index contributed by atoms with van der Waals surface area (Å²) in [7, 11) is -3.18. The molecule has 1 heterocycles. The van der Waals surface area contributed by atoms with Crippen LogP contribution in [0.25, 0.3) is 0 Å². The Morgan fingerprint density at radius 2 is 2.18 bits per heavy atom. The van der Waals surface area contributed by atoms with Crippen LogP contribution in [0.4, 0.5) is 0 Å². The molecule has 1 aliphatic heterocycles. The lowest BCUT2D eigenvalue weighted by Crippen LogP contribution is -2.43. The highest BCUT2D eigenvalue weighted by molar-refractivity contribution is 7.89. The Balaban J connectivity index is 2.34. The quantitative estimate of drug-likeness (QED) is 0.671. The van der Waals surface area contributed by atoms with Crippen molar-refractivity contribution in [3.63, 3.8) is 0 Å². The zero-order valence-corrected chi connectivity index (χ0v) is 11.5. The van der Waals surface area contributed by atoms with Crippen LogP contribution in [0.2, 0.25) is 0 Å². The number of nitrogens with zero attached hydrogens (tertiary/aromatic N) is 1. The summed E-state index contributed by atoms with van der Waals surface area (Å²) < 4.78 is 25.4. The second-order valence-corrected chi connectivity index (χ2v) is 7.02. The maximum atomic E-state index is 12.0. The highest BCUT2D eigenvalue weighted by atomic mass is 32.2. The molecule has 0 aromatic rings. The van der Waals surface area contributed by atoms with Gasteiger partial charge in [-0.2, -0.15) is 4.31 Å². The molecule has 2 N–H and O–H groups in total. The predicted octanol–water partition coefficient (Wildman–Crippen LogP) is 0.161. The summed E-state index contributed by atoms with van der Waals surface area (Å²) in [5, 5.41) is 12.7. The first kappa shape index (κ1) is 14.9. The fourth-order valence-electron chi connectivity index (χ4n) is 1.95. The number of hydrogen-bond donors (Lipinski definition) is 2. The lowest BCUT2D eigenvalue weighted by atomic mass is 10.1. The molecule has 1 rings (SSSR count). The lowest BCUT2D eigenvalue weighted by molar-refractivity contribution is 0.108. The zero-order chi connectivity index (χ0) is 12.9. The third kappa shape index (κ3) is 5.33. The van der Waals surface area contributed by atoms with Crippen molar-refractivity contribution >= 4 is 10.0 Å². The molecule has 6 heteroatoms. The molecule has 1 aliphatic rings. The van der Waals surface area contributed by atoms with Crippen molar-refractivity contribution in [1.82, 2.24) is 9.62 Å². The van der Waals surface area contributed by atoms with Crippen molar-refractivity contribution in [3.8, 4) is 0 Å². The van der Waals surface area contributed by atoms with E-state index in [-0.39, 0.29) is 12.3 Å². The van der Waals surface area contributed by atoms with E-state index in [1.165, 1.54) is 4.31 Å². The summed E-state index contributed by atoms with van der Waals surface area (Å²) in [4.78, 5) is 0. The van der Waals surface area contributed by atoms with Gasteiger partial charge in [0.15, 0.2) is 0 Å². The highest BCUT2D eigenvalue weighted by Gasteiger charge is 2.27. The third-order valence-electron chi connectivity index (χ3n) is 2.88. The Bertz CT molecular complexity index is 317. The van der Waals surface area contributed by atoms with Crippen LogP contribution in [-0.4, -0.2) is 55.4 Å². The molecule has 0 radical (unpaired) electrons. The molecule has 102 valence electrons. The average Bonchev–Trinajstić information content (AvgIpc) is 2.24. The molecule has 1 fully saturated rings. The highest BCUT2D eigenvalue weighted by Crippen LogP contribution is 2.14. The summed E-state index contributed by atoms with van der Waals surface area (Å²) in [5.41, 5.74) is 0. The van der Waals surface area contributed by atoms with Crippen LogP contribution in [0.1, 0.15) is 33.1 Å². The fourth-order valence-corrected chi connectivity index (χ4v) is 3.52. The van der Waals surface area contributed by atoms with Crippen LogP contribution in [0.5, 0.6) is 0 Å². The minimum atomic E-state index is -3.18. The fraction of sp³-hybridized carbons (Fsp3) is 1.00. The van der Waals surface area contributed by atoms with Crippen molar-refractivity contribution in [2.24, 2.45) is 0 Å². The minimum Gasteiger partial charge on any atom is -0.392 e. The molecule has 5 nitrogen and oxygen atoms in total. The lowest BCUT2D eigenvalue weighted by Gasteiger charge is -2.29. The molecule has 0 aromatic heterocycles. The molecule has 0 aliphatic carbocycles. The Morgan fingerprint density at radius 3 is 2.76 bits per heavy atom. The van der Waals surface area contributed by atoms with Gasteiger partial charge in [0.1, 0.15) is 0 Å². The van der Waals surface area contributed by atoms with Gasteiger partial charge >= 0.3 is 0 Å². The van der Waals surface area contributed by atoms with Crippen molar-refractivity contribution in [2.45, 2.75) is 45.3 Å². The van der Waals surface area contributed by atoms with Gasteiger partial charge in [-0.05, 0) is 25.8 Å². The van der Waals surface area contributed by atoms with Crippen molar-refractivity contribution in [1.29, 1.82) is 0 Å². The molecule has 0 spiro atoms. The topological polar surface area (TPSA) is 69.6 Å². The van der Waals surface area contributed by atoms with Crippen LogP contribution < -0.4 is 5.32 Å². The first-order valence-electron chi connectivity index (χ1n) is 6.31. The number of hydrogen-bond acceptors (Lipinski definition) is 4. The van der Waals surface area contributed by atoms with E-state index in [1.807, 2.05) is 13.8 Å². The third-order valence-corrected chi connectivity index (χ3v) is 4.81. The summed E-state index contributed by atoms with van der Waals surface area (Å²) in [6.07, 6.45) is 1.59. The van der Waals surface area contributed by atoms with Gasteiger partial charge in [-0.15, -0.1) is 0 Å². The smallest absolute Gasteiger partial charge is 0.214 e. The number of aliphatic hydroxyl groups excluding tert-OH is 1. The second kappa shape index (κ2) is 6.68. The first-order chi connectivity index (χ1) is 7.92. The summed E-state index contributed by atoms with van der Waals surface area (Å²) in [6, 6.07) is 0.384. The Kier molecular flexibility index (Phi) is 5.85. The van der Waals surface area contributed by atoms with E-state index >= 15 is 0 Å². The average molecular weight is 264 g/mol. The molecule has 1 atom stereocenters. The summed E-state index contributed by atoms with van der Waals surface area (Å²) >= 11 is 0. The van der Waals surface area contributed by atoms with Crippen LogP contribution >= 0.6 is 0 Å². The van der Waals surface area contributed by atoms with Crippen LogP contribution in [0.3, 0.4) is 0 Å². The van der Waals surface area contributed by atoms with Gasteiger partial charge in [-0.25, -0.2) is 8.42 Å². The molecule has 1 saturated heterocycles. The van der Waals surface area contributed by atoms with Crippen molar-refractivity contribution in [3.05, 3.63) is 0 Å². The number of sulfonamides is 1. The predicted molar refractivity (Wildman–Crippen MR) is 68.4 cm³/mol. The minimum absolute atomic E-state index is 0.166. The molecule has 1 unspecified atom stereocenters. The molecule has 0 saturated carbocycles. The maximum absolute atomic E-state index is 12.0. The summed E-state index contributed by atoms with van der Waals surface area (Å²) in [5.74, 6) is 0.166. The van der Waals surface area contributed by atoms with Gasteiger partial charge in [-0.3, -0.25) is 0 Å². The van der Waals surface area contributed by atoms with Gasteiger partial charge in [0.05, 0.1) is 11.9 Å². The Labute approximate surface area is 104 Å². The molecule has 0 amide bonds. The van der Waals surface area contributed by atoms with Gasteiger partial charge in [0.2, 0.25) is 10.0 Å². The van der Waals surface area contributed by atoms with E-state index in [1.54, 1.807) is 0 Å². The van der Waals surface area contributed by atoms with Crippen molar-refractivity contribution in [2.75, 3.05) is 25.4 Å². The molecule has 17 heavy (non-hydrogen) atoms. The maximum Gasteiger partial charge on any atom is 0.214 e.